The van der Waals surface area contributed by atoms with Crippen molar-refractivity contribution in [2.75, 3.05) is 5.75 Å². The second-order valence-corrected chi connectivity index (χ2v) is 11.8. The van der Waals surface area contributed by atoms with Gasteiger partial charge < -0.3 is 5.32 Å². The van der Waals surface area contributed by atoms with Crippen LogP contribution in [-0.2, 0) is 11.3 Å². The molecule has 7 heteroatoms. The minimum absolute atomic E-state index is 0.0402. The fourth-order valence-electron chi connectivity index (χ4n) is 6.84. The van der Waals surface area contributed by atoms with Gasteiger partial charge in [-0.3, -0.25) is 9.36 Å². The number of rotatable bonds is 7. The van der Waals surface area contributed by atoms with Crippen LogP contribution < -0.4 is 5.32 Å². The van der Waals surface area contributed by atoms with Crippen molar-refractivity contribution in [1.82, 2.24) is 20.1 Å². The number of nitrogens with one attached hydrogen (secondary N) is 1. The lowest BCUT2D eigenvalue weighted by Crippen LogP contribution is -2.60. The van der Waals surface area contributed by atoms with Gasteiger partial charge in [0, 0.05) is 16.1 Å². The van der Waals surface area contributed by atoms with Gasteiger partial charge in [-0.05, 0) is 86.1 Å². The topological polar surface area (TPSA) is 59.8 Å². The Bertz CT molecular complexity index is 1140. The quantitative estimate of drug-likeness (QED) is 0.422. The largest absolute Gasteiger partial charge is 0.350 e. The average Bonchev–Trinajstić information content (AvgIpc) is 3.20. The van der Waals surface area contributed by atoms with Gasteiger partial charge >= 0.3 is 0 Å². The molecule has 1 N–H and O–H groups in total. The normalized spacial score (nSPS) is 27.1. The van der Waals surface area contributed by atoms with E-state index in [0.29, 0.717) is 17.3 Å². The molecule has 0 spiro atoms. The molecular weight excluding hydrogens is 464 g/mol. The standard InChI is InChI=1S/C27H29ClN4OS/c28-23-8-6-22(7-9-23)25-30-31-26(32(25)16-18-4-2-1-3-5-18)34-17-24(33)29-27-13-19-10-20(14-27)12-21(11-19)15-27/h1-9,19-21H,10-17H2,(H,29,33). The highest BCUT2D eigenvalue weighted by Crippen LogP contribution is 2.55. The van der Waals surface area contributed by atoms with E-state index in [9.17, 15) is 4.79 Å². The molecule has 4 bridgehead atoms. The number of carbonyl (C=O) groups is 1. The molecule has 4 aliphatic rings. The van der Waals surface area contributed by atoms with E-state index in [-0.39, 0.29) is 11.4 Å². The highest BCUT2D eigenvalue weighted by atomic mass is 35.5. The third kappa shape index (κ3) is 4.50. The molecule has 1 amide bonds. The highest BCUT2D eigenvalue weighted by molar-refractivity contribution is 7.99. The summed E-state index contributed by atoms with van der Waals surface area (Å²) in [6, 6.07) is 17.9. The molecule has 1 heterocycles. The van der Waals surface area contributed by atoms with Gasteiger partial charge in [0.1, 0.15) is 0 Å². The first-order valence-electron chi connectivity index (χ1n) is 12.2. The number of halogens is 1. The molecule has 3 aromatic rings. The van der Waals surface area contributed by atoms with Crippen molar-refractivity contribution in [3.63, 3.8) is 0 Å². The van der Waals surface area contributed by atoms with Gasteiger partial charge in [-0.25, -0.2) is 0 Å². The molecule has 0 unspecified atom stereocenters. The molecule has 176 valence electrons. The summed E-state index contributed by atoms with van der Waals surface area (Å²) in [4.78, 5) is 13.1. The average molecular weight is 493 g/mol. The zero-order chi connectivity index (χ0) is 23.1. The van der Waals surface area contributed by atoms with Crippen LogP contribution in [-0.4, -0.2) is 32.0 Å². The maximum atomic E-state index is 13.1. The summed E-state index contributed by atoms with van der Waals surface area (Å²) in [6.07, 6.45) is 7.63. The number of hydrogen-bond donors (Lipinski definition) is 1. The van der Waals surface area contributed by atoms with Gasteiger partial charge in [0.25, 0.3) is 0 Å². The number of benzene rings is 2. The van der Waals surface area contributed by atoms with Gasteiger partial charge in [-0.15, -0.1) is 10.2 Å². The van der Waals surface area contributed by atoms with Crippen LogP contribution in [0.2, 0.25) is 5.02 Å². The van der Waals surface area contributed by atoms with Crippen molar-refractivity contribution in [2.24, 2.45) is 17.8 Å². The van der Waals surface area contributed by atoms with E-state index in [4.69, 9.17) is 11.6 Å². The Kier molecular flexibility index (Phi) is 5.90. The maximum Gasteiger partial charge on any atom is 0.230 e. The van der Waals surface area contributed by atoms with E-state index in [1.54, 1.807) is 0 Å². The molecule has 0 atom stereocenters. The predicted molar refractivity (Wildman–Crippen MR) is 136 cm³/mol. The SMILES string of the molecule is O=C(CSc1nnc(-c2ccc(Cl)cc2)n1Cc1ccccc1)NC12CC3CC(CC(C3)C1)C2. The van der Waals surface area contributed by atoms with Crippen LogP contribution in [0.15, 0.2) is 59.8 Å². The Morgan fingerprint density at radius 2 is 1.62 bits per heavy atom. The summed E-state index contributed by atoms with van der Waals surface area (Å²) in [5, 5.41) is 13.9. The number of aromatic nitrogens is 3. The third-order valence-corrected chi connectivity index (χ3v) is 9.00. The summed E-state index contributed by atoms with van der Waals surface area (Å²) in [5.74, 6) is 3.70. The van der Waals surface area contributed by atoms with Crippen LogP contribution in [0.5, 0.6) is 0 Å². The minimum Gasteiger partial charge on any atom is -0.350 e. The Hall–Kier alpha value is -2.31. The van der Waals surface area contributed by atoms with E-state index in [1.165, 1.54) is 50.3 Å². The first-order valence-corrected chi connectivity index (χ1v) is 13.6. The zero-order valence-corrected chi connectivity index (χ0v) is 20.7. The Labute approximate surface area is 209 Å². The van der Waals surface area contributed by atoms with E-state index < -0.39 is 0 Å². The smallest absolute Gasteiger partial charge is 0.230 e. The lowest BCUT2D eigenvalue weighted by molar-refractivity contribution is -0.124. The molecule has 7 rings (SSSR count). The summed E-state index contributed by atoms with van der Waals surface area (Å²) in [7, 11) is 0. The first kappa shape index (κ1) is 22.2. The van der Waals surface area contributed by atoms with Crippen LogP contribution in [0.25, 0.3) is 11.4 Å². The van der Waals surface area contributed by atoms with Crippen molar-refractivity contribution in [3.05, 3.63) is 65.2 Å². The molecule has 1 aromatic heterocycles. The van der Waals surface area contributed by atoms with Gasteiger partial charge in [0.15, 0.2) is 11.0 Å². The van der Waals surface area contributed by atoms with Gasteiger partial charge in [-0.2, -0.15) is 0 Å². The Balaban J connectivity index is 1.19. The number of thioether (sulfide) groups is 1. The molecule has 0 saturated heterocycles. The maximum absolute atomic E-state index is 13.1. The molecule has 4 fully saturated rings. The number of hydrogen-bond acceptors (Lipinski definition) is 4. The van der Waals surface area contributed by atoms with E-state index in [2.05, 4.69) is 32.2 Å². The summed E-state index contributed by atoms with van der Waals surface area (Å²) in [6.45, 7) is 0.644. The molecule has 2 aromatic carbocycles. The predicted octanol–water partition coefficient (Wildman–Crippen LogP) is 5.82. The van der Waals surface area contributed by atoms with Crippen molar-refractivity contribution < 1.29 is 4.79 Å². The molecule has 4 saturated carbocycles. The van der Waals surface area contributed by atoms with E-state index in [0.717, 1.165) is 39.9 Å². The van der Waals surface area contributed by atoms with Crippen molar-refractivity contribution in [3.8, 4) is 11.4 Å². The monoisotopic (exact) mass is 492 g/mol. The summed E-state index contributed by atoms with van der Waals surface area (Å²) < 4.78 is 2.10. The molecule has 34 heavy (non-hydrogen) atoms. The Morgan fingerprint density at radius 1 is 0.971 bits per heavy atom. The fourth-order valence-corrected chi connectivity index (χ4v) is 7.71. The number of carbonyl (C=O) groups excluding carboxylic acids is 1. The van der Waals surface area contributed by atoms with Crippen LogP contribution in [0.1, 0.15) is 44.1 Å². The van der Waals surface area contributed by atoms with Crippen LogP contribution >= 0.6 is 23.4 Å². The van der Waals surface area contributed by atoms with Crippen molar-refractivity contribution >= 4 is 29.3 Å². The molecule has 4 aliphatic carbocycles. The lowest BCUT2D eigenvalue weighted by atomic mass is 9.53. The van der Waals surface area contributed by atoms with Gasteiger partial charge in [0.2, 0.25) is 5.91 Å². The van der Waals surface area contributed by atoms with Gasteiger partial charge in [-0.1, -0.05) is 53.7 Å². The second-order valence-electron chi connectivity index (χ2n) is 10.4. The molecule has 0 aliphatic heterocycles. The van der Waals surface area contributed by atoms with Gasteiger partial charge in [0.05, 0.1) is 12.3 Å². The highest BCUT2D eigenvalue weighted by Gasteiger charge is 2.51. The van der Waals surface area contributed by atoms with E-state index >= 15 is 0 Å². The van der Waals surface area contributed by atoms with E-state index in [1.807, 2.05) is 42.5 Å². The molecule has 0 radical (unpaired) electrons. The first-order chi connectivity index (χ1) is 16.6. The Morgan fingerprint density at radius 3 is 2.26 bits per heavy atom. The molecule has 5 nitrogen and oxygen atoms in total. The zero-order valence-electron chi connectivity index (χ0n) is 19.1. The van der Waals surface area contributed by atoms with Crippen LogP contribution in [0.4, 0.5) is 0 Å². The van der Waals surface area contributed by atoms with Crippen molar-refractivity contribution in [2.45, 2.75) is 55.8 Å². The van der Waals surface area contributed by atoms with Crippen LogP contribution in [0.3, 0.4) is 0 Å². The summed E-state index contributed by atoms with van der Waals surface area (Å²) in [5.41, 5.74) is 2.16. The van der Waals surface area contributed by atoms with Crippen LogP contribution in [0, 0.1) is 17.8 Å². The molecular formula is C27H29ClN4OS. The second kappa shape index (κ2) is 9.04. The lowest BCUT2D eigenvalue weighted by Gasteiger charge is -2.56. The minimum atomic E-state index is 0.0402. The number of nitrogens with zero attached hydrogens (tertiary/aromatic N) is 3. The summed E-state index contributed by atoms with van der Waals surface area (Å²) >= 11 is 7.57. The number of amides is 1. The fraction of sp³-hybridized carbons (Fsp3) is 0.444. The third-order valence-electron chi connectivity index (χ3n) is 7.78. The van der Waals surface area contributed by atoms with Crippen molar-refractivity contribution in [1.29, 1.82) is 0 Å².